The largest absolute Gasteiger partial charge is 0.382 e. The van der Waals surface area contributed by atoms with E-state index in [0.717, 1.165) is 45.8 Å². The van der Waals surface area contributed by atoms with Crippen molar-refractivity contribution in [2.45, 2.75) is 53.6 Å². The van der Waals surface area contributed by atoms with Crippen molar-refractivity contribution in [1.29, 1.82) is 0 Å². The molecule has 0 saturated heterocycles. The van der Waals surface area contributed by atoms with E-state index in [-0.39, 0.29) is 0 Å². The van der Waals surface area contributed by atoms with Crippen molar-refractivity contribution in [3.05, 3.63) is 63.4 Å². The topological polar surface area (TPSA) is 33.1 Å². The Bertz CT molecular complexity index is 610. The molecule has 0 aliphatic heterocycles. The van der Waals surface area contributed by atoms with Crippen LogP contribution in [0.5, 0.6) is 0 Å². The molecule has 0 amide bonds. The minimum Gasteiger partial charge on any atom is -0.382 e. The predicted molar refractivity (Wildman–Crippen MR) is 94.6 cm³/mol. The molecule has 0 saturated carbocycles. The van der Waals surface area contributed by atoms with E-state index < -0.39 is 6.10 Å². The monoisotopic (exact) mass is 319 g/mol. The molecule has 22 heavy (non-hydrogen) atoms. The number of hydrogen-bond acceptors (Lipinski definition) is 2. The van der Waals surface area contributed by atoms with Gasteiger partial charge in [-0.25, -0.2) is 0 Å². The van der Waals surface area contributed by atoms with Crippen LogP contribution in [0.1, 0.15) is 61.7 Å². The second-order valence-corrected chi connectivity index (χ2v) is 5.17. The third-order valence-electron chi connectivity index (χ3n) is 3.49. The molecule has 1 aromatic heterocycles. The van der Waals surface area contributed by atoms with Crippen molar-refractivity contribution < 1.29 is 5.11 Å². The molecule has 0 spiro atoms. The standard InChI is InChI=1S/C15H14ClNO.2C2H6/c1-9-7-10-5-6-11-12(3-2-4-13(11)16)15(18)14(10)17-8-9;2*1-2/h2-4,7-8,15,18H,5-6H2,1H3;2*1-2H3. The zero-order chi connectivity index (χ0) is 16.7. The number of benzene rings is 1. The van der Waals surface area contributed by atoms with Crippen molar-refractivity contribution in [3.63, 3.8) is 0 Å². The lowest BCUT2D eigenvalue weighted by Gasteiger charge is -2.14. The first-order chi connectivity index (χ1) is 10.7. The summed E-state index contributed by atoms with van der Waals surface area (Å²) >= 11 is 6.22. The number of aliphatic hydroxyl groups excluding tert-OH is 1. The van der Waals surface area contributed by atoms with Crippen molar-refractivity contribution in [3.8, 4) is 0 Å². The molecule has 3 heteroatoms. The van der Waals surface area contributed by atoms with Crippen LogP contribution in [-0.2, 0) is 12.8 Å². The van der Waals surface area contributed by atoms with Gasteiger partial charge in [0.05, 0.1) is 5.69 Å². The molecule has 1 N–H and O–H groups in total. The number of halogens is 1. The maximum atomic E-state index is 10.5. The highest BCUT2D eigenvalue weighted by molar-refractivity contribution is 6.31. The number of aryl methyl sites for hydroxylation is 2. The van der Waals surface area contributed by atoms with Crippen LogP contribution in [-0.4, -0.2) is 10.1 Å². The fourth-order valence-electron chi connectivity index (χ4n) is 2.59. The molecule has 1 aromatic carbocycles. The summed E-state index contributed by atoms with van der Waals surface area (Å²) in [5.74, 6) is 0. The van der Waals surface area contributed by atoms with Crippen LogP contribution in [0.3, 0.4) is 0 Å². The van der Waals surface area contributed by atoms with Crippen LogP contribution in [0.25, 0.3) is 0 Å². The molecule has 1 heterocycles. The number of rotatable bonds is 0. The Morgan fingerprint density at radius 2 is 1.82 bits per heavy atom. The Labute approximate surface area is 139 Å². The summed E-state index contributed by atoms with van der Waals surface area (Å²) in [5, 5.41) is 11.2. The first kappa shape index (κ1) is 18.7. The van der Waals surface area contributed by atoms with Gasteiger partial charge in [-0.2, -0.15) is 0 Å². The van der Waals surface area contributed by atoms with E-state index in [4.69, 9.17) is 11.6 Å². The lowest BCUT2D eigenvalue weighted by molar-refractivity contribution is 0.214. The summed E-state index contributed by atoms with van der Waals surface area (Å²) in [7, 11) is 0. The summed E-state index contributed by atoms with van der Waals surface area (Å²) in [5.41, 5.74) is 4.94. The summed E-state index contributed by atoms with van der Waals surface area (Å²) in [6, 6.07) is 7.79. The second-order valence-electron chi connectivity index (χ2n) is 4.77. The van der Waals surface area contributed by atoms with Gasteiger partial charge in [-0.3, -0.25) is 4.98 Å². The fraction of sp³-hybridized carbons (Fsp3) is 0.421. The first-order valence-corrected chi connectivity index (χ1v) is 8.45. The van der Waals surface area contributed by atoms with Crippen molar-refractivity contribution >= 4 is 11.6 Å². The second kappa shape index (κ2) is 8.92. The van der Waals surface area contributed by atoms with Gasteiger partial charge in [-0.15, -0.1) is 0 Å². The Balaban J connectivity index is 0.000000561. The number of pyridine rings is 1. The number of fused-ring (bicyclic) bond motifs is 2. The van der Waals surface area contributed by atoms with E-state index >= 15 is 0 Å². The van der Waals surface area contributed by atoms with Gasteiger partial charge in [-0.05, 0) is 48.1 Å². The quantitative estimate of drug-likeness (QED) is 0.717. The van der Waals surface area contributed by atoms with Crippen LogP contribution >= 0.6 is 11.6 Å². The van der Waals surface area contributed by atoms with E-state index in [2.05, 4.69) is 11.1 Å². The number of hydrogen-bond donors (Lipinski definition) is 1. The average molecular weight is 320 g/mol. The lowest BCUT2D eigenvalue weighted by Crippen LogP contribution is -2.05. The predicted octanol–water partition coefficient (Wildman–Crippen LogP) is 5.28. The van der Waals surface area contributed by atoms with E-state index in [0.29, 0.717) is 0 Å². The molecule has 2 nitrogen and oxygen atoms in total. The van der Waals surface area contributed by atoms with Crippen molar-refractivity contribution in [2.75, 3.05) is 0 Å². The van der Waals surface area contributed by atoms with E-state index in [9.17, 15) is 5.11 Å². The number of aliphatic hydroxyl groups is 1. The molecule has 1 atom stereocenters. The van der Waals surface area contributed by atoms with Crippen LogP contribution in [0.15, 0.2) is 30.5 Å². The molecule has 1 aliphatic carbocycles. The average Bonchev–Trinajstić information content (AvgIpc) is 2.70. The Morgan fingerprint density at radius 1 is 1.14 bits per heavy atom. The van der Waals surface area contributed by atoms with Gasteiger partial charge in [0.25, 0.3) is 0 Å². The first-order valence-electron chi connectivity index (χ1n) is 8.07. The summed E-state index contributed by atoms with van der Waals surface area (Å²) in [4.78, 5) is 4.40. The minimum atomic E-state index is -0.670. The zero-order valence-electron chi connectivity index (χ0n) is 14.2. The Kier molecular flexibility index (Phi) is 7.57. The van der Waals surface area contributed by atoms with Gasteiger partial charge >= 0.3 is 0 Å². The van der Waals surface area contributed by atoms with Gasteiger partial charge < -0.3 is 5.11 Å². The highest BCUT2D eigenvalue weighted by atomic mass is 35.5. The van der Waals surface area contributed by atoms with Crippen LogP contribution in [0.2, 0.25) is 5.02 Å². The minimum absolute atomic E-state index is 0.670. The molecular weight excluding hydrogens is 294 g/mol. The van der Waals surface area contributed by atoms with Gasteiger partial charge in [0.2, 0.25) is 0 Å². The Hall–Kier alpha value is -1.38. The van der Waals surface area contributed by atoms with Crippen molar-refractivity contribution in [1.82, 2.24) is 4.98 Å². The lowest BCUT2D eigenvalue weighted by atomic mass is 10.0. The van der Waals surface area contributed by atoms with E-state index in [1.165, 1.54) is 0 Å². The van der Waals surface area contributed by atoms with Crippen molar-refractivity contribution in [2.24, 2.45) is 0 Å². The third kappa shape index (κ3) is 3.88. The van der Waals surface area contributed by atoms with Crippen LogP contribution in [0.4, 0.5) is 0 Å². The molecule has 120 valence electrons. The third-order valence-corrected chi connectivity index (χ3v) is 3.85. The SMILES string of the molecule is CC.CC.Cc1cnc2c(c1)CCc1c(Cl)cccc1C2O. The summed E-state index contributed by atoms with van der Waals surface area (Å²) in [6.45, 7) is 10.0. The van der Waals surface area contributed by atoms with Gasteiger partial charge in [0.1, 0.15) is 6.10 Å². The molecule has 1 unspecified atom stereocenters. The Morgan fingerprint density at radius 3 is 2.50 bits per heavy atom. The molecule has 0 radical (unpaired) electrons. The summed E-state index contributed by atoms with van der Waals surface area (Å²) in [6.07, 6.45) is 2.86. The highest BCUT2D eigenvalue weighted by Gasteiger charge is 2.24. The molecule has 1 aliphatic rings. The zero-order valence-corrected chi connectivity index (χ0v) is 14.9. The van der Waals surface area contributed by atoms with Gasteiger partial charge in [-0.1, -0.05) is 57.5 Å². The maximum Gasteiger partial charge on any atom is 0.122 e. The number of aromatic nitrogens is 1. The van der Waals surface area contributed by atoms with Crippen LogP contribution in [0, 0.1) is 6.92 Å². The number of nitrogens with zero attached hydrogens (tertiary/aromatic N) is 1. The molecule has 0 fully saturated rings. The van der Waals surface area contributed by atoms with Gasteiger partial charge in [0, 0.05) is 11.2 Å². The normalized spacial score (nSPS) is 15.1. The molecule has 0 bridgehead atoms. The van der Waals surface area contributed by atoms with E-state index in [1.54, 1.807) is 6.20 Å². The smallest absolute Gasteiger partial charge is 0.122 e. The summed E-state index contributed by atoms with van der Waals surface area (Å²) < 4.78 is 0. The van der Waals surface area contributed by atoms with E-state index in [1.807, 2.05) is 52.8 Å². The maximum absolute atomic E-state index is 10.5. The van der Waals surface area contributed by atoms with Crippen LogP contribution < -0.4 is 0 Å². The van der Waals surface area contributed by atoms with Gasteiger partial charge in [0.15, 0.2) is 0 Å². The molecule has 3 rings (SSSR count). The fourth-order valence-corrected chi connectivity index (χ4v) is 2.87. The molecule has 2 aromatic rings. The highest BCUT2D eigenvalue weighted by Crippen LogP contribution is 2.34. The molecular formula is C19H26ClNO.